The summed E-state index contributed by atoms with van der Waals surface area (Å²) in [5, 5.41) is 3.42. The monoisotopic (exact) mass is 381 g/mol. The minimum atomic E-state index is 0.187. The second-order valence-electron chi connectivity index (χ2n) is 4.75. The van der Waals surface area contributed by atoms with E-state index >= 15 is 0 Å². The highest BCUT2D eigenvalue weighted by Crippen LogP contribution is 2.32. The van der Waals surface area contributed by atoms with Crippen molar-refractivity contribution in [3.63, 3.8) is 0 Å². The Balaban J connectivity index is 2.55. The summed E-state index contributed by atoms with van der Waals surface area (Å²) < 4.78 is 2.22. The molecule has 0 radical (unpaired) electrons. The maximum absolute atomic E-state index is 3.65. The van der Waals surface area contributed by atoms with E-state index in [9.17, 15) is 0 Å². The summed E-state index contributed by atoms with van der Waals surface area (Å²) in [4.78, 5) is 0. The summed E-state index contributed by atoms with van der Waals surface area (Å²) >= 11 is 7.20. The average Bonchev–Trinajstić information content (AvgIpc) is 2.38. The van der Waals surface area contributed by atoms with Gasteiger partial charge >= 0.3 is 0 Å². The minimum absolute atomic E-state index is 0.187. The van der Waals surface area contributed by atoms with Crippen molar-refractivity contribution in [3.05, 3.63) is 67.6 Å². The van der Waals surface area contributed by atoms with Crippen LogP contribution in [0.5, 0.6) is 0 Å². The molecule has 0 saturated carbocycles. The molecule has 19 heavy (non-hydrogen) atoms. The van der Waals surface area contributed by atoms with Crippen molar-refractivity contribution in [2.24, 2.45) is 0 Å². The Bertz CT molecular complexity index is 542. The fourth-order valence-corrected chi connectivity index (χ4v) is 3.14. The van der Waals surface area contributed by atoms with Crippen molar-refractivity contribution in [2.75, 3.05) is 7.05 Å². The van der Waals surface area contributed by atoms with Gasteiger partial charge in [-0.15, -0.1) is 0 Å². The lowest BCUT2D eigenvalue weighted by Crippen LogP contribution is -2.19. The van der Waals surface area contributed by atoms with Crippen LogP contribution in [0.15, 0.2) is 45.3 Å². The lowest BCUT2D eigenvalue weighted by atomic mass is 9.94. The molecule has 1 unspecified atom stereocenters. The molecule has 0 spiro atoms. The Kier molecular flexibility index (Phi) is 4.82. The van der Waals surface area contributed by atoms with Crippen LogP contribution in [0, 0.1) is 13.8 Å². The number of rotatable bonds is 3. The highest BCUT2D eigenvalue weighted by molar-refractivity contribution is 9.11. The van der Waals surface area contributed by atoms with E-state index in [2.05, 4.69) is 81.4 Å². The average molecular weight is 383 g/mol. The highest BCUT2D eigenvalue weighted by atomic mass is 79.9. The van der Waals surface area contributed by atoms with E-state index < -0.39 is 0 Å². The summed E-state index contributed by atoms with van der Waals surface area (Å²) in [6.45, 7) is 4.29. The molecule has 0 heterocycles. The lowest BCUT2D eigenvalue weighted by molar-refractivity contribution is 0.684. The van der Waals surface area contributed by atoms with Gasteiger partial charge in [0.15, 0.2) is 0 Å². The molecule has 3 heteroatoms. The molecule has 1 atom stereocenters. The van der Waals surface area contributed by atoms with E-state index in [0.29, 0.717) is 0 Å². The molecule has 0 aliphatic carbocycles. The van der Waals surface area contributed by atoms with Gasteiger partial charge in [-0.25, -0.2) is 0 Å². The van der Waals surface area contributed by atoms with Gasteiger partial charge in [-0.1, -0.05) is 55.6 Å². The smallest absolute Gasteiger partial charge is 0.0588 e. The van der Waals surface area contributed by atoms with Gasteiger partial charge in [0.2, 0.25) is 0 Å². The summed E-state index contributed by atoms with van der Waals surface area (Å²) in [5.74, 6) is 0. The molecule has 0 aromatic heterocycles. The number of benzene rings is 2. The highest BCUT2D eigenvalue weighted by Gasteiger charge is 2.17. The second-order valence-corrected chi connectivity index (χ2v) is 6.52. The van der Waals surface area contributed by atoms with Crippen molar-refractivity contribution in [1.29, 1.82) is 0 Å². The molecule has 100 valence electrons. The van der Waals surface area contributed by atoms with Crippen molar-refractivity contribution in [2.45, 2.75) is 19.9 Å². The summed E-state index contributed by atoms with van der Waals surface area (Å²) in [6.07, 6.45) is 0. The van der Waals surface area contributed by atoms with Gasteiger partial charge in [-0.3, -0.25) is 0 Å². The van der Waals surface area contributed by atoms with Crippen LogP contribution in [0.2, 0.25) is 0 Å². The third kappa shape index (κ3) is 3.28. The van der Waals surface area contributed by atoms with Crippen LogP contribution in [0.1, 0.15) is 28.3 Å². The van der Waals surface area contributed by atoms with E-state index in [1.807, 2.05) is 13.1 Å². The first-order valence-corrected chi connectivity index (χ1v) is 7.81. The quantitative estimate of drug-likeness (QED) is 0.775. The van der Waals surface area contributed by atoms with Gasteiger partial charge in [0.1, 0.15) is 0 Å². The predicted molar refractivity (Wildman–Crippen MR) is 88.7 cm³/mol. The van der Waals surface area contributed by atoms with E-state index in [1.165, 1.54) is 22.3 Å². The molecule has 0 amide bonds. The predicted octanol–water partition coefficient (Wildman–Crippen LogP) is 5.14. The zero-order valence-corrected chi connectivity index (χ0v) is 14.5. The number of nitrogens with one attached hydrogen (secondary N) is 1. The third-order valence-corrected chi connectivity index (χ3v) is 4.52. The molecule has 2 rings (SSSR count). The van der Waals surface area contributed by atoms with Gasteiger partial charge in [0.05, 0.1) is 6.04 Å². The Morgan fingerprint density at radius 2 is 1.68 bits per heavy atom. The van der Waals surface area contributed by atoms with Crippen molar-refractivity contribution in [1.82, 2.24) is 5.32 Å². The first kappa shape index (κ1) is 14.8. The fourth-order valence-electron chi connectivity index (χ4n) is 2.29. The summed E-state index contributed by atoms with van der Waals surface area (Å²) in [6, 6.07) is 13.1. The number of halogens is 2. The van der Waals surface area contributed by atoms with E-state index in [1.54, 1.807) is 0 Å². The molecule has 1 N–H and O–H groups in total. The van der Waals surface area contributed by atoms with Gasteiger partial charge in [0.25, 0.3) is 0 Å². The maximum Gasteiger partial charge on any atom is 0.0588 e. The van der Waals surface area contributed by atoms with Crippen LogP contribution in [0.3, 0.4) is 0 Å². The SMILES string of the molecule is CNC(c1cc(C)ccc1C)c1cc(Br)ccc1Br. The van der Waals surface area contributed by atoms with Crippen LogP contribution in [0.4, 0.5) is 0 Å². The molecular weight excluding hydrogens is 366 g/mol. The number of hydrogen-bond donors (Lipinski definition) is 1. The summed E-state index contributed by atoms with van der Waals surface area (Å²) in [5.41, 5.74) is 5.15. The third-order valence-electron chi connectivity index (χ3n) is 3.30. The second kappa shape index (κ2) is 6.21. The first-order valence-electron chi connectivity index (χ1n) is 6.22. The summed E-state index contributed by atoms with van der Waals surface area (Å²) in [7, 11) is 2.00. The van der Waals surface area contributed by atoms with E-state index in [4.69, 9.17) is 0 Å². The van der Waals surface area contributed by atoms with Crippen molar-refractivity contribution < 1.29 is 0 Å². The molecule has 0 aliphatic heterocycles. The Morgan fingerprint density at radius 3 is 2.37 bits per heavy atom. The molecular formula is C16H17Br2N. The van der Waals surface area contributed by atoms with Gasteiger partial charge in [-0.05, 0) is 55.8 Å². The standard InChI is InChI=1S/C16H17Br2N/c1-10-4-5-11(2)13(8-10)16(19-3)14-9-12(17)6-7-15(14)18/h4-9,16,19H,1-3H3. The van der Waals surface area contributed by atoms with E-state index in [0.717, 1.165) is 8.95 Å². The molecule has 0 aliphatic rings. The van der Waals surface area contributed by atoms with Crippen LogP contribution in [0.25, 0.3) is 0 Å². The van der Waals surface area contributed by atoms with Crippen LogP contribution < -0.4 is 5.32 Å². The molecule has 2 aromatic rings. The van der Waals surface area contributed by atoms with Gasteiger partial charge in [-0.2, -0.15) is 0 Å². The van der Waals surface area contributed by atoms with Gasteiger partial charge in [0, 0.05) is 8.95 Å². The van der Waals surface area contributed by atoms with Crippen molar-refractivity contribution in [3.8, 4) is 0 Å². The Hall–Kier alpha value is -0.640. The Morgan fingerprint density at radius 1 is 0.947 bits per heavy atom. The van der Waals surface area contributed by atoms with Crippen molar-refractivity contribution >= 4 is 31.9 Å². The van der Waals surface area contributed by atoms with E-state index in [-0.39, 0.29) is 6.04 Å². The number of hydrogen-bond acceptors (Lipinski definition) is 1. The minimum Gasteiger partial charge on any atom is -0.309 e. The molecule has 2 aromatic carbocycles. The normalized spacial score (nSPS) is 12.5. The zero-order valence-electron chi connectivity index (χ0n) is 11.3. The lowest BCUT2D eigenvalue weighted by Gasteiger charge is -2.21. The molecule has 1 nitrogen and oxygen atoms in total. The molecule has 0 saturated heterocycles. The van der Waals surface area contributed by atoms with Crippen LogP contribution >= 0.6 is 31.9 Å². The molecule has 0 fully saturated rings. The largest absolute Gasteiger partial charge is 0.309 e. The fraction of sp³-hybridized carbons (Fsp3) is 0.250. The first-order chi connectivity index (χ1) is 9.02. The van der Waals surface area contributed by atoms with Crippen LogP contribution in [-0.4, -0.2) is 7.05 Å². The number of aryl methyl sites for hydroxylation is 2. The molecule has 0 bridgehead atoms. The Labute approximate surface area is 131 Å². The van der Waals surface area contributed by atoms with Gasteiger partial charge < -0.3 is 5.32 Å². The zero-order chi connectivity index (χ0) is 14.0. The topological polar surface area (TPSA) is 12.0 Å². The van der Waals surface area contributed by atoms with Crippen LogP contribution in [-0.2, 0) is 0 Å². The maximum atomic E-state index is 3.65.